The number of alkyl carbamates (subject to hydrolysis) is 1. The van der Waals surface area contributed by atoms with E-state index in [1.807, 2.05) is 60.7 Å². The van der Waals surface area contributed by atoms with Gasteiger partial charge in [0.1, 0.15) is 24.5 Å². The molecule has 2 amide bonds. The number of esters is 1. The van der Waals surface area contributed by atoms with Crippen LogP contribution in [0, 0.1) is 5.92 Å². The average molecular weight is 467 g/mol. The number of ketones is 1. The topological polar surface area (TPSA) is 111 Å². The zero-order valence-corrected chi connectivity index (χ0v) is 19.2. The monoisotopic (exact) mass is 466 g/mol. The van der Waals surface area contributed by atoms with Gasteiger partial charge in [0.2, 0.25) is 5.91 Å². The number of carbonyl (C=O) groups is 4. The summed E-state index contributed by atoms with van der Waals surface area (Å²) < 4.78 is 10.1. The summed E-state index contributed by atoms with van der Waals surface area (Å²) in [6.07, 6.45) is 1.84. The molecule has 1 saturated carbocycles. The van der Waals surface area contributed by atoms with Crippen LogP contribution in [0.2, 0.25) is 0 Å². The van der Waals surface area contributed by atoms with Crippen molar-refractivity contribution in [2.24, 2.45) is 5.92 Å². The Kier molecular flexibility index (Phi) is 9.20. The molecular formula is C26H30N2O6. The first-order chi connectivity index (χ1) is 16.5. The first-order valence-electron chi connectivity index (χ1n) is 11.4. The van der Waals surface area contributed by atoms with Crippen molar-refractivity contribution in [3.05, 3.63) is 71.8 Å². The van der Waals surface area contributed by atoms with Gasteiger partial charge in [-0.3, -0.25) is 9.59 Å². The van der Waals surface area contributed by atoms with Gasteiger partial charge in [0, 0.05) is 18.8 Å². The van der Waals surface area contributed by atoms with Crippen molar-refractivity contribution < 1.29 is 28.7 Å². The van der Waals surface area contributed by atoms with E-state index in [0.717, 1.165) is 24.0 Å². The molecule has 0 saturated heterocycles. The van der Waals surface area contributed by atoms with E-state index in [9.17, 15) is 19.2 Å². The summed E-state index contributed by atoms with van der Waals surface area (Å²) in [5.41, 5.74) is 1.62. The maximum absolute atomic E-state index is 13.2. The molecular weight excluding hydrogens is 436 g/mol. The minimum atomic E-state index is -1.11. The molecule has 0 bridgehead atoms. The largest absolute Gasteiger partial charge is 0.467 e. The maximum atomic E-state index is 13.2. The fourth-order valence-electron chi connectivity index (χ4n) is 4.03. The summed E-state index contributed by atoms with van der Waals surface area (Å²) in [5, 5.41) is 5.26. The second-order valence-electron chi connectivity index (χ2n) is 8.28. The molecule has 2 N–H and O–H groups in total. The number of benzene rings is 2. The molecule has 0 aromatic heterocycles. The van der Waals surface area contributed by atoms with Crippen LogP contribution in [0.4, 0.5) is 4.79 Å². The average Bonchev–Trinajstić information content (AvgIpc) is 2.87. The summed E-state index contributed by atoms with van der Waals surface area (Å²) in [6, 6.07) is 16.2. The molecule has 0 heterocycles. The second kappa shape index (κ2) is 12.5. The number of ether oxygens (including phenoxy) is 2. The van der Waals surface area contributed by atoms with Gasteiger partial charge in [0.15, 0.2) is 0 Å². The van der Waals surface area contributed by atoms with E-state index in [0.29, 0.717) is 12.8 Å². The van der Waals surface area contributed by atoms with Crippen LogP contribution in [0.25, 0.3) is 0 Å². The molecule has 3 rings (SSSR count). The van der Waals surface area contributed by atoms with Crippen LogP contribution in [0.5, 0.6) is 0 Å². The van der Waals surface area contributed by atoms with Crippen molar-refractivity contribution in [3.8, 4) is 0 Å². The standard InChI is InChI=1S/C26H30N2O6/c1-33-25(31)23(20-14-8-9-15-22(20)29)28-24(30)21(16-18-10-4-2-5-11-18)27-26(32)34-17-19-12-6-3-7-13-19/h2-7,10-13,20-21,23H,8-9,14-17H2,1H3,(H,27,32)(H,28,30)/t20-,21-,23-/m0/s1. The van der Waals surface area contributed by atoms with Crippen LogP contribution >= 0.6 is 0 Å². The van der Waals surface area contributed by atoms with Gasteiger partial charge in [-0.1, -0.05) is 67.1 Å². The SMILES string of the molecule is COC(=O)[C@@H](NC(=O)[C@H](Cc1ccccc1)NC(=O)OCc1ccccc1)[C@H]1CCCCC1=O. The van der Waals surface area contributed by atoms with Crippen molar-refractivity contribution in [3.63, 3.8) is 0 Å². The minimum absolute atomic E-state index is 0.0493. The Hall–Kier alpha value is -3.68. The molecule has 2 aromatic carbocycles. The smallest absolute Gasteiger partial charge is 0.408 e. The third-order valence-corrected chi connectivity index (χ3v) is 5.86. The summed E-state index contributed by atoms with van der Waals surface area (Å²) in [7, 11) is 1.22. The summed E-state index contributed by atoms with van der Waals surface area (Å²) in [5.74, 6) is -1.99. The molecule has 2 aromatic rings. The molecule has 1 aliphatic rings. The minimum Gasteiger partial charge on any atom is -0.467 e. The highest BCUT2D eigenvalue weighted by Gasteiger charge is 2.38. The molecule has 3 atom stereocenters. The van der Waals surface area contributed by atoms with Crippen LogP contribution < -0.4 is 10.6 Å². The normalized spacial score (nSPS) is 17.2. The lowest BCUT2D eigenvalue weighted by molar-refractivity contribution is -0.149. The Bertz CT molecular complexity index is 979. The lowest BCUT2D eigenvalue weighted by Crippen LogP contribution is -2.56. The third kappa shape index (κ3) is 7.16. The first-order valence-corrected chi connectivity index (χ1v) is 11.4. The van der Waals surface area contributed by atoms with Crippen molar-refractivity contribution in [2.45, 2.75) is 50.8 Å². The Balaban J connectivity index is 1.72. The van der Waals surface area contributed by atoms with Crippen LogP contribution in [0.15, 0.2) is 60.7 Å². The number of methoxy groups -OCH3 is 1. The summed E-state index contributed by atoms with van der Waals surface area (Å²) in [4.78, 5) is 50.6. The van der Waals surface area contributed by atoms with Crippen LogP contribution in [0.3, 0.4) is 0 Å². The molecule has 8 nitrogen and oxygen atoms in total. The number of carbonyl (C=O) groups excluding carboxylic acids is 4. The molecule has 0 aliphatic heterocycles. The summed E-state index contributed by atoms with van der Waals surface area (Å²) >= 11 is 0. The van der Waals surface area contributed by atoms with E-state index in [4.69, 9.17) is 9.47 Å². The number of nitrogens with one attached hydrogen (secondary N) is 2. The van der Waals surface area contributed by atoms with Gasteiger partial charge in [-0.25, -0.2) is 9.59 Å². The van der Waals surface area contributed by atoms with Crippen molar-refractivity contribution >= 4 is 23.8 Å². The van der Waals surface area contributed by atoms with Gasteiger partial charge in [0.05, 0.1) is 7.11 Å². The quantitative estimate of drug-likeness (QED) is 0.550. The van der Waals surface area contributed by atoms with Gasteiger partial charge in [-0.15, -0.1) is 0 Å². The molecule has 1 aliphatic carbocycles. The molecule has 0 spiro atoms. The van der Waals surface area contributed by atoms with E-state index < -0.39 is 36.0 Å². The third-order valence-electron chi connectivity index (χ3n) is 5.86. The lowest BCUT2D eigenvalue weighted by Gasteiger charge is -2.29. The predicted molar refractivity (Wildman–Crippen MR) is 125 cm³/mol. The lowest BCUT2D eigenvalue weighted by atomic mass is 9.82. The van der Waals surface area contributed by atoms with Gasteiger partial charge in [-0.2, -0.15) is 0 Å². The molecule has 34 heavy (non-hydrogen) atoms. The molecule has 180 valence electrons. The number of hydrogen-bond donors (Lipinski definition) is 2. The van der Waals surface area contributed by atoms with Crippen LogP contribution in [-0.4, -0.2) is 42.9 Å². The molecule has 0 radical (unpaired) electrons. The van der Waals surface area contributed by atoms with E-state index in [1.54, 1.807) is 0 Å². The number of amides is 2. The Morgan fingerprint density at radius 3 is 2.21 bits per heavy atom. The first kappa shape index (κ1) is 25.0. The van der Waals surface area contributed by atoms with Gasteiger partial charge in [0.25, 0.3) is 0 Å². The van der Waals surface area contributed by atoms with E-state index >= 15 is 0 Å². The zero-order chi connectivity index (χ0) is 24.3. The van der Waals surface area contributed by atoms with Crippen molar-refractivity contribution in [1.82, 2.24) is 10.6 Å². The van der Waals surface area contributed by atoms with E-state index in [2.05, 4.69) is 10.6 Å². The highest BCUT2D eigenvalue weighted by Crippen LogP contribution is 2.24. The van der Waals surface area contributed by atoms with Gasteiger partial charge < -0.3 is 20.1 Å². The number of Topliss-reactive ketones (excluding diaryl/α,β-unsaturated/α-hetero) is 1. The number of rotatable bonds is 9. The predicted octanol–water partition coefficient (Wildman–Crippen LogP) is 2.94. The molecule has 8 heteroatoms. The Labute approximate surface area is 199 Å². The van der Waals surface area contributed by atoms with Crippen molar-refractivity contribution in [2.75, 3.05) is 7.11 Å². The number of hydrogen-bond acceptors (Lipinski definition) is 6. The van der Waals surface area contributed by atoms with E-state index in [-0.39, 0.29) is 18.8 Å². The highest BCUT2D eigenvalue weighted by molar-refractivity contribution is 5.94. The fraction of sp³-hybridized carbons (Fsp3) is 0.385. The fourth-order valence-corrected chi connectivity index (χ4v) is 4.03. The van der Waals surface area contributed by atoms with Gasteiger partial charge >= 0.3 is 12.1 Å². The second-order valence-corrected chi connectivity index (χ2v) is 8.28. The maximum Gasteiger partial charge on any atom is 0.408 e. The highest BCUT2D eigenvalue weighted by atomic mass is 16.5. The molecule has 1 fully saturated rings. The summed E-state index contributed by atoms with van der Waals surface area (Å²) in [6.45, 7) is 0.0493. The van der Waals surface area contributed by atoms with Crippen LogP contribution in [-0.2, 0) is 36.9 Å². The zero-order valence-electron chi connectivity index (χ0n) is 19.2. The van der Waals surface area contributed by atoms with Crippen LogP contribution in [0.1, 0.15) is 36.8 Å². The van der Waals surface area contributed by atoms with E-state index in [1.165, 1.54) is 7.11 Å². The van der Waals surface area contributed by atoms with Gasteiger partial charge in [-0.05, 0) is 24.0 Å². The molecule has 0 unspecified atom stereocenters. The Morgan fingerprint density at radius 1 is 0.941 bits per heavy atom. The Morgan fingerprint density at radius 2 is 1.59 bits per heavy atom. The van der Waals surface area contributed by atoms with Crippen molar-refractivity contribution in [1.29, 1.82) is 0 Å².